The lowest BCUT2D eigenvalue weighted by molar-refractivity contribution is 1.66. The summed E-state index contributed by atoms with van der Waals surface area (Å²) in [5.74, 6) is 0. The fourth-order valence-corrected chi connectivity index (χ4v) is 7.63. The second-order valence-electron chi connectivity index (χ2n) is 11.7. The van der Waals surface area contributed by atoms with E-state index in [1.165, 1.54) is 92.5 Å². The van der Waals surface area contributed by atoms with Crippen LogP contribution in [0.25, 0.3) is 92.5 Å². The van der Waals surface area contributed by atoms with E-state index in [0.29, 0.717) is 0 Å². The second-order valence-corrected chi connectivity index (χ2v) is 11.7. The lowest BCUT2D eigenvalue weighted by Crippen LogP contribution is -1.93. The average molecular weight is 557 g/mol. The van der Waals surface area contributed by atoms with Crippen LogP contribution in [0.3, 0.4) is 0 Å². The molecule has 0 amide bonds. The van der Waals surface area contributed by atoms with Crippen LogP contribution >= 0.6 is 0 Å². The quantitative estimate of drug-likeness (QED) is 0.146. The predicted octanol–water partition coefficient (Wildman–Crippen LogP) is 12.6. The molecule has 0 aliphatic carbocycles. The zero-order valence-electron chi connectivity index (χ0n) is 24.3. The van der Waals surface area contributed by atoms with Gasteiger partial charge in [-0.15, -0.1) is 0 Å². The van der Waals surface area contributed by atoms with Crippen LogP contribution in [0.1, 0.15) is 5.56 Å². The van der Waals surface area contributed by atoms with Gasteiger partial charge >= 0.3 is 0 Å². The van der Waals surface area contributed by atoms with Gasteiger partial charge in [0, 0.05) is 0 Å². The van der Waals surface area contributed by atoms with Gasteiger partial charge in [0.05, 0.1) is 0 Å². The molecule has 44 heavy (non-hydrogen) atoms. The molecule has 9 rings (SSSR count). The van der Waals surface area contributed by atoms with Crippen LogP contribution in [-0.2, 0) is 0 Å². The number of rotatable bonds is 5. The van der Waals surface area contributed by atoms with Crippen molar-refractivity contribution in [3.05, 3.63) is 164 Å². The molecule has 0 saturated carbocycles. The molecule has 0 radical (unpaired) electrons. The molecular formula is C44H28. The summed E-state index contributed by atoms with van der Waals surface area (Å²) < 4.78 is 0. The van der Waals surface area contributed by atoms with Crippen molar-refractivity contribution in [2.24, 2.45) is 0 Å². The van der Waals surface area contributed by atoms with Crippen molar-refractivity contribution in [2.45, 2.75) is 0 Å². The summed E-state index contributed by atoms with van der Waals surface area (Å²) in [5, 5.41) is 15.5. The van der Waals surface area contributed by atoms with Crippen molar-refractivity contribution in [3.63, 3.8) is 0 Å². The largest absolute Gasteiger partial charge is 0.0990 e. The van der Waals surface area contributed by atoms with Gasteiger partial charge < -0.3 is 0 Å². The Bertz CT molecular complexity index is 2610. The first kappa shape index (κ1) is 24.8. The summed E-state index contributed by atoms with van der Waals surface area (Å²) in [6.07, 6.45) is 5.82. The Balaban J connectivity index is 1.41. The maximum absolute atomic E-state index is 4.11. The smallest absolute Gasteiger partial charge is 0.00201 e. The molecule has 9 aromatic carbocycles. The summed E-state index contributed by atoms with van der Waals surface area (Å²) in [6, 6.07) is 47.3. The van der Waals surface area contributed by atoms with Gasteiger partial charge in [0.25, 0.3) is 0 Å². The zero-order valence-corrected chi connectivity index (χ0v) is 24.3. The van der Waals surface area contributed by atoms with Crippen molar-refractivity contribution in [1.82, 2.24) is 0 Å². The molecule has 0 aliphatic heterocycles. The Morgan fingerprint density at radius 3 is 1.66 bits per heavy atom. The van der Waals surface area contributed by atoms with Gasteiger partial charge in [-0.05, 0) is 116 Å². The van der Waals surface area contributed by atoms with Gasteiger partial charge in [0.15, 0.2) is 0 Å². The van der Waals surface area contributed by atoms with Crippen molar-refractivity contribution < 1.29 is 0 Å². The third kappa shape index (κ3) is 3.40. The SMILES string of the molecule is C=C/C=C(\C=C)c1cc2cccc3c(-c4cc5ccc(-c6ccccc6)c6ccc7cccc4c7c56)cc4cccc1c4c23. The second kappa shape index (κ2) is 9.39. The fourth-order valence-electron chi connectivity index (χ4n) is 7.63. The molecule has 0 bridgehead atoms. The van der Waals surface area contributed by atoms with Crippen LogP contribution in [0.4, 0.5) is 0 Å². The van der Waals surface area contributed by atoms with Crippen molar-refractivity contribution >= 4 is 70.2 Å². The monoisotopic (exact) mass is 556 g/mol. The van der Waals surface area contributed by atoms with Gasteiger partial charge in [-0.25, -0.2) is 0 Å². The Morgan fingerprint density at radius 1 is 0.432 bits per heavy atom. The minimum Gasteiger partial charge on any atom is -0.0990 e. The Kier molecular flexibility index (Phi) is 5.30. The molecule has 0 N–H and O–H groups in total. The average Bonchev–Trinajstić information content (AvgIpc) is 3.08. The summed E-state index contributed by atoms with van der Waals surface area (Å²) in [7, 11) is 0. The van der Waals surface area contributed by atoms with E-state index in [0.717, 1.165) is 5.57 Å². The molecule has 0 aromatic heterocycles. The number of allylic oxidation sites excluding steroid dienone is 4. The third-order valence-electron chi connectivity index (χ3n) is 9.47. The molecular weight excluding hydrogens is 528 g/mol. The lowest BCUT2D eigenvalue weighted by Gasteiger charge is -2.20. The van der Waals surface area contributed by atoms with E-state index < -0.39 is 0 Å². The Morgan fingerprint density at radius 2 is 0.977 bits per heavy atom. The first-order chi connectivity index (χ1) is 21.7. The first-order valence-electron chi connectivity index (χ1n) is 15.2. The maximum Gasteiger partial charge on any atom is -0.00201 e. The van der Waals surface area contributed by atoms with Gasteiger partial charge in [-0.2, -0.15) is 0 Å². The Hall–Kier alpha value is -5.72. The minimum atomic E-state index is 1.08. The van der Waals surface area contributed by atoms with E-state index in [4.69, 9.17) is 0 Å². The highest BCUT2D eigenvalue weighted by Crippen LogP contribution is 2.47. The first-order valence-corrected chi connectivity index (χ1v) is 15.2. The molecule has 0 fully saturated rings. The van der Waals surface area contributed by atoms with Crippen molar-refractivity contribution in [2.75, 3.05) is 0 Å². The van der Waals surface area contributed by atoms with Gasteiger partial charge in [0.2, 0.25) is 0 Å². The zero-order chi connectivity index (χ0) is 29.4. The fraction of sp³-hybridized carbons (Fsp3) is 0. The van der Waals surface area contributed by atoms with Crippen LogP contribution in [-0.4, -0.2) is 0 Å². The highest BCUT2D eigenvalue weighted by atomic mass is 14.2. The normalized spacial score (nSPS) is 12.4. The minimum absolute atomic E-state index is 1.08. The van der Waals surface area contributed by atoms with E-state index in [1.54, 1.807) is 0 Å². The summed E-state index contributed by atoms with van der Waals surface area (Å²) in [4.78, 5) is 0. The number of benzene rings is 9. The van der Waals surface area contributed by atoms with Gasteiger partial charge in [0.1, 0.15) is 0 Å². The molecule has 9 aromatic rings. The van der Waals surface area contributed by atoms with E-state index in [1.807, 2.05) is 18.2 Å². The molecule has 0 unspecified atom stereocenters. The summed E-state index contributed by atoms with van der Waals surface area (Å²) in [6.45, 7) is 8.06. The Labute approximate surface area is 256 Å². The van der Waals surface area contributed by atoms with Crippen molar-refractivity contribution in [1.29, 1.82) is 0 Å². The molecule has 0 atom stereocenters. The number of hydrogen-bond donors (Lipinski definition) is 0. The summed E-state index contributed by atoms with van der Waals surface area (Å²) in [5.41, 5.74) is 7.35. The highest BCUT2D eigenvalue weighted by Gasteiger charge is 2.20. The van der Waals surface area contributed by atoms with Crippen molar-refractivity contribution in [3.8, 4) is 22.3 Å². The molecule has 0 saturated heterocycles. The van der Waals surface area contributed by atoms with Gasteiger partial charge in [-0.1, -0.05) is 141 Å². The van der Waals surface area contributed by atoms with Crippen LogP contribution in [0, 0.1) is 0 Å². The number of hydrogen-bond acceptors (Lipinski definition) is 0. The van der Waals surface area contributed by atoms with E-state index in [9.17, 15) is 0 Å². The third-order valence-corrected chi connectivity index (χ3v) is 9.47. The molecule has 0 spiro atoms. The molecule has 0 heteroatoms. The predicted molar refractivity (Wildman–Crippen MR) is 193 cm³/mol. The molecule has 0 nitrogen and oxygen atoms in total. The van der Waals surface area contributed by atoms with Crippen LogP contribution in [0.15, 0.2) is 159 Å². The van der Waals surface area contributed by atoms with Crippen LogP contribution in [0.2, 0.25) is 0 Å². The topological polar surface area (TPSA) is 0 Å². The molecule has 204 valence electrons. The van der Waals surface area contributed by atoms with Crippen LogP contribution in [0.5, 0.6) is 0 Å². The van der Waals surface area contributed by atoms with E-state index >= 15 is 0 Å². The van der Waals surface area contributed by atoms with Crippen LogP contribution < -0.4 is 0 Å². The lowest BCUT2D eigenvalue weighted by atomic mass is 9.83. The van der Waals surface area contributed by atoms with E-state index in [2.05, 4.69) is 141 Å². The maximum atomic E-state index is 4.11. The standard InChI is InChI=1S/C44H28/c1-3-11-27(4-2)38-24-30-15-10-19-36-39(25-31-16-9-17-34(38)42(31)43(30)36)40-26-32-21-22-33(28-12-6-5-7-13-28)37-23-20-29-14-8-18-35(40)41(29)44(32)37/h3-26H,1-2H2/b27-11+. The molecule has 0 heterocycles. The highest BCUT2D eigenvalue weighted by molar-refractivity contribution is 6.32. The van der Waals surface area contributed by atoms with Gasteiger partial charge in [-0.3, -0.25) is 0 Å². The molecule has 0 aliphatic rings. The summed E-state index contributed by atoms with van der Waals surface area (Å²) >= 11 is 0. The van der Waals surface area contributed by atoms with E-state index in [-0.39, 0.29) is 0 Å².